The minimum absolute atomic E-state index is 0.0293. The minimum atomic E-state index is 0.0293. The van der Waals surface area contributed by atoms with Crippen molar-refractivity contribution in [3.8, 4) is 12.3 Å². The smallest absolute Gasteiger partial charge is 0.228 e. The number of nitrogens with zero attached hydrogens (tertiary/aromatic N) is 1. The van der Waals surface area contributed by atoms with Gasteiger partial charge in [0.05, 0.1) is 5.69 Å². The van der Waals surface area contributed by atoms with Gasteiger partial charge < -0.3 is 4.90 Å². The van der Waals surface area contributed by atoms with E-state index in [0.29, 0.717) is 13.0 Å². The molecule has 1 unspecified atom stereocenters. The molecule has 1 aliphatic heterocycles. The number of amides is 1. The summed E-state index contributed by atoms with van der Waals surface area (Å²) in [6.07, 6.45) is 5.86. The summed E-state index contributed by atoms with van der Waals surface area (Å²) in [5.74, 6) is 2.80. The van der Waals surface area contributed by atoms with Crippen LogP contribution in [0.5, 0.6) is 0 Å². The number of carbonyl (C=O) groups excluding carboxylic acids is 1. The Labute approximate surface area is 123 Å². The molecule has 3 heteroatoms. The molecule has 1 saturated heterocycles. The van der Waals surface area contributed by atoms with Crippen LogP contribution in [-0.2, 0) is 10.2 Å². The molecule has 0 spiro atoms. The Balaban J connectivity index is 2.33. The third-order valence-corrected chi connectivity index (χ3v) is 4.10. The van der Waals surface area contributed by atoms with E-state index in [1.165, 1.54) is 5.56 Å². The van der Waals surface area contributed by atoms with Crippen LogP contribution in [0.4, 0.5) is 5.69 Å². The zero-order valence-corrected chi connectivity index (χ0v) is 13.1. The van der Waals surface area contributed by atoms with E-state index in [9.17, 15) is 4.79 Å². The highest BCUT2D eigenvalue weighted by Gasteiger charge is 2.30. The van der Waals surface area contributed by atoms with Crippen LogP contribution in [0.1, 0.15) is 32.8 Å². The van der Waals surface area contributed by atoms with Crippen LogP contribution in [0, 0.1) is 18.3 Å². The topological polar surface area (TPSA) is 20.3 Å². The maximum absolute atomic E-state index is 12.0. The van der Waals surface area contributed by atoms with Crippen molar-refractivity contribution in [3.05, 3.63) is 28.2 Å². The van der Waals surface area contributed by atoms with E-state index in [-0.39, 0.29) is 17.2 Å². The summed E-state index contributed by atoms with van der Waals surface area (Å²) in [6.45, 7) is 7.13. The number of hydrogen-bond acceptors (Lipinski definition) is 1. The molecule has 19 heavy (non-hydrogen) atoms. The van der Waals surface area contributed by atoms with Gasteiger partial charge in [-0.05, 0) is 39.0 Å². The van der Waals surface area contributed by atoms with Gasteiger partial charge in [-0.2, -0.15) is 0 Å². The highest BCUT2D eigenvalue weighted by Crippen LogP contribution is 2.34. The lowest BCUT2D eigenvalue weighted by Crippen LogP contribution is -2.25. The molecule has 0 aliphatic carbocycles. The molecular weight excluding hydrogens is 302 g/mol. The predicted octanol–water partition coefficient (Wildman–Crippen LogP) is 3.73. The molecule has 1 amide bonds. The van der Waals surface area contributed by atoms with Crippen LogP contribution in [0.2, 0.25) is 0 Å². The summed E-state index contributed by atoms with van der Waals surface area (Å²) in [4.78, 5) is 13.8. The van der Waals surface area contributed by atoms with Crippen molar-refractivity contribution in [1.82, 2.24) is 0 Å². The largest absolute Gasteiger partial charge is 0.310 e. The maximum atomic E-state index is 12.0. The second kappa shape index (κ2) is 5.02. The van der Waals surface area contributed by atoms with Crippen molar-refractivity contribution in [2.45, 2.75) is 32.6 Å². The highest BCUT2D eigenvalue weighted by molar-refractivity contribution is 9.10. The fraction of sp³-hybridized carbons (Fsp3) is 0.438. The summed E-state index contributed by atoms with van der Waals surface area (Å²) in [5, 5.41) is 0. The lowest BCUT2D eigenvalue weighted by Gasteiger charge is -2.23. The van der Waals surface area contributed by atoms with E-state index in [0.717, 1.165) is 10.2 Å². The zero-order chi connectivity index (χ0) is 14.2. The molecule has 0 radical (unpaired) electrons. The number of benzene rings is 1. The molecular formula is C16H18BrNO. The molecule has 0 bridgehead atoms. The fourth-order valence-electron chi connectivity index (χ4n) is 2.24. The normalized spacial score (nSPS) is 19.6. The lowest BCUT2D eigenvalue weighted by molar-refractivity contribution is -0.117. The summed E-state index contributed by atoms with van der Waals surface area (Å²) in [7, 11) is 0. The summed E-state index contributed by atoms with van der Waals surface area (Å²) in [5.41, 5.74) is 2.25. The number of terminal acetylenes is 1. The van der Waals surface area contributed by atoms with Gasteiger partial charge in [-0.1, -0.05) is 26.8 Å². The van der Waals surface area contributed by atoms with Crippen molar-refractivity contribution in [1.29, 1.82) is 0 Å². The standard InChI is InChI=1S/C16H18BrNO/c1-5-11-8-15(19)18(10-11)14-7-6-12(9-13(14)17)16(2,3)4/h1,6-7,9,11H,8,10H2,2-4H3. The van der Waals surface area contributed by atoms with Gasteiger partial charge in [-0.3, -0.25) is 4.79 Å². The minimum Gasteiger partial charge on any atom is -0.310 e. The molecule has 1 atom stereocenters. The Kier molecular flexibility index (Phi) is 3.73. The van der Waals surface area contributed by atoms with Crippen LogP contribution >= 0.6 is 15.9 Å². The van der Waals surface area contributed by atoms with Gasteiger partial charge >= 0.3 is 0 Å². The van der Waals surface area contributed by atoms with Gasteiger partial charge in [0, 0.05) is 23.4 Å². The Morgan fingerprint density at radius 3 is 2.58 bits per heavy atom. The van der Waals surface area contributed by atoms with Crippen molar-refractivity contribution in [2.75, 3.05) is 11.4 Å². The molecule has 1 aliphatic rings. The Hall–Kier alpha value is -1.27. The van der Waals surface area contributed by atoms with Crippen molar-refractivity contribution in [2.24, 2.45) is 5.92 Å². The van der Waals surface area contributed by atoms with E-state index < -0.39 is 0 Å². The monoisotopic (exact) mass is 319 g/mol. The molecule has 0 saturated carbocycles. The molecule has 1 aromatic rings. The predicted molar refractivity (Wildman–Crippen MR) is 82.1 cm³/mol. The first kappa shape index (κ1) is 14.1. The van der Waals surface area contributed by atoms with Gasteiger partial charge in [0.25, 0.3) is 0 Å². The van der Waals surface area contributed by atoms with Crippen molar-refractivity contribution < 1.29 is 4.79 Å². The lowest BCUT2D eigenvalue weighted by atomic mass is 9.87. The quantitative estimate of drug-likeness (QED) is 0.722. The van der Waals surface area contributed by atoms with E-state index >= 15 is 0 Å². The molecule has 2 nitrogen and oxygen atoms in total. The zero-order valence-electron chi connectivity index (χ0n) is 11.5. The number of halogens is 1. The molecule has 100 valence electrons. The third-order valence-electron chi connectivity index (χ3n) is 3.47. The average molecular weight is 320 g/mol. The van der Waals surface area contributed by atoms with E-state index in [1.54, 1.807) is 4.90 Å². The SMILES string of the molecule is C#CC1CC(=O)N(c2ccc(C(C)(C)C)cc2Br)C1. The molecule has 0 N–H and O–H groups in total. The Morgan fingerprint density at radius 1 is 1.42 bits per heavy atom. The number of carbonyl (C=O) groups is 1. The fourth-order valence-corrected chi connectivity index (χ4v) is 2.84. The number of hydrogen-bond donors (Lipinski definition) is 0. The number of anilines is 1. The summed E-state index contributed by atoms with van der Waals surface area (Å²) in [6, 6.07) is 6.17. The van der Waals surface area contributed by atoms with Crippen LogP contribution in [0.25, 0.3) is 0 Å². The van der Waals surface area contributed by atoms with Crippen LogP contribution in [0.3, 0.4) is 0 Å². The van der Waals surface area contributed by atoms with Crippen LogP contribution < -0.4 is 4.90 Å². The average Bonchev–Trinajstić information content (AvgIpc) is 2.69. The Bertz CT molecular complexity index is 551. The molecule has 2 rings (SSSR count). The summed E-state index contributed by atoms with van der Waals surface area (Å²) >= 11 is 3.57. The maximum Gasteiger partial charge on any atom is 0.228 e. The molecule has 0 aromatic heterocycles. The highest BCUT2D eigenvalue weighted by atomic mass is 79.9. The van der Waals surface area contributed by atoms with Crippen molar-refractivity contribution >= 4 is 27.5 Å². The van der Waals surface area contributed by atoms with E-state index in [4.69, 9.17) is 6.42 Å². The van der Waals surface area contributed by atoms with Crippen LogP contribution in [-0.4, -0.2) is 12.5 Å². The summed E-state index contributed by atoms with van der Waals surface area (Å²) < 4.78 is 0.950. The molecule has 1 heterocycles. The van der Waals surface area contributed by atoms with E-state index in [2.05, 4.69) is 54.8 Å². The number of rotatable bonds is 1. The van der Waals surface area contributed by atoms with Gasteiger partial charge in [-0.15, -0.1) is 12.3 Å². The second-order valence-electron chi connectivity index (χ2n) is 5.99. The van der Waals surface area contributed by atoms with Gasteiger partial charge in [0.2, 0.25) is 5.91 Å². The van der Waals surface area contributed by atoms with Gasteiger partial charge in [0.1, 0.15) is 0 Å². The van der Waals surface area contributed by atoms with E-state index in [1.807, 2.05) is 6.07 Å². The first-order valence-electron chi connectivity index (χ1n) is 6.39. The first-order valence-corrected chi connectivity index (χ1v) is 7.18. The van der Waals surface area contributed by atoms with Gasteiger partial charge in [0.15, 0.2) is 0 Å². The molecule has 1 fully saturated rings. The van der Waals surface area contributed by atoms with Crippen molar-refractivity contribution in [3.63, 3.8) is 0 Å². The van der Waals surface area contributed by atoms with Gasteiger partial charge in [-0.25, -0.2) is 0 Å². The Morgan fingerprint density at radius 2 is 2.11 bits per heavy atom. The third kappa shape index (κ3) is 2.84. The first-order chi connectivity index (χ1) is 8.82. The molecule has 1 aromatic carbocycles. The second-order valence-corrected chi connectivity index (χ2v) is 6.84. The van der Waals surface area contributed by atoms with Crippen LogP contribution in [0.15, 0.2) is 22.7 Å².